The molecule has 0 saturated carbocycles. The van der Waals surface area contributed by atoms with Gasteiger partial charge in [-0.15, -0.1) is 0 Å². The van der Waals surface area contributed by atoms with Crippen LogP contribution in [0.2, 0.25) is 0 Å². The molecule has 7 heteroatoms. The minimum Gasteiger partial charge on any atom is -0.478 e. The lowest BCUT2D eigenvalue weighted by Gasteiger charge is -2.10. The molecule has 0 aliphatic carbocycles. The minimum atomic E-state index is -3.77. The standard InChI is InChI=1S/C15H14FNO4S/c1-10-5-12(15(18)19)8-14(6-10)17-22(20,21)9-11-3-2-4-13(16)7-11/h2-8,17H,9H2,1H3,(H,18,19). The van der Waals surface area contributed by atoms with Crippen molar-refractivity contribution in [3.05, 3.63) is 65.0 Å². The van der Waals surface area contributed by atoms with Crippen molar-refractivity contribution in [3.8, 4) is 0 Å². The van der Waals surface area contributed by atoms with Crippen molar-refractivity contribution < 1.29 is 22.7 Å². The third kappa shape index (κ3) is 4.29. The predicted octanol–water partition coefficient (Wildman–Crippen LogP) is 2.77. The van der Waals surface area contributed by atoms with Crippen LogP contribution < -0.4 is 4.72 Å². The summed E-state index contributed by atoms with van der Waals surface area (Å²) in [5.41, 5.74) is 1.07. The number of carboxylic acid groups (broad SMARTS) is 1. The van der Waals surface area contributed by atoms with Crippen molar-refractivity contribution in [2.45, 2.75) is 12.7 Å². The first kappa shape index (κ1) is 16.0. The van der Waals surface area contributed by atoms with Gasteiger partial charge in [-0.1, -0.05) is 12.1 Å². The van der Waals surface area contributed by atoms with E-state index in [9.17, 15) is 17.6 Å². The molecule has 0 fully saturated rings. The third-order valence-corrected chi connectivity index (χ3v) is 4.10. The highest BCUT2D eigenvalue weighted by Crippen LogP contribution is 2.18. The number of rotatable bonds is 5. The summed E-state index contributed by atoms with van der Waals surface area (Å²) in [5.74, 6) is -2.06. The number of sulfonamides is 1. The van der Waals surface area contributed by atoms with Crippen LogP contribution >= 0.6 is 0 Å². The van der Waals surface area contributed by atoms with Gasteiger partial charge < -0.3 is 5.11 Å². The smallest absolute Gasteiger partial charge is 0.335 e. The van der Waals surface area contributed by atoms with Gasteiger partial charge in [-0.05, 0) is 48.4 Å². The summed E-state index contributed by atoms with van der Waals surface area (Å²) in [4.78, 5) is 11.0. The van der Waals surface area contributed by atoms with Crippen LogP contribution in [-0.2, 0) is 15.8 Å². The Labute approximate surface area is 127 Å². The molecule has 0 aliphatic heterocycles. The third-order valence-electron chi connectivity index (χ3n) is 2.84. The summed E-state index contributed by atoms with van der Waals surface area (Å²) in [5, 5.41) is 8.98. The number of anilines is 1. The first-order chi connectivity index (χ1) is 10.2. The van der Waals surface area contributed by atoms with E-state index in [1.807, 2.05) is 0 Å². The second-order valence-corrected chi connectivity index (χ2v) is 6.61. The quantitative estimate of drug-likeness (QED) is 0.886. The molecule has 5 nitrogen and oxygen atoms in total. The van der Waals surface area contributed by atoms with Crippen molar-refractivity contribution in [2.75, 3.05) is 4.72 Å². The minimum absolute atomic E-state index is 0.0107. The second-order valence-electron chi connectivity index (χ2n) is 4.88. The number of aryl methyl sites for hydroxylation is 1. The Balaban J connectivity index is 2.23. The Hall–Kier alpha value is -2.41. The Kier molecular flexibility index (Phi) is 4.46. The maximum Gasteiger partial charge on any atom is 0.335 e. The first-order valence-electron chi connectivity index (χ1n) is 6.35. The highest BCUT2D eigenvalue weighted by Gasteiger charge is 2.14. The van der Waals surface area contributed by atoms with Crippen LogP contribution in [0.5, 0.6) is 0 Å². The zero-order valence-corrected chi connectivity index (χ0v) is 12.5. The van der Waals surface area contributed by atoms with Gasteiger partial charge in [0.05, 0.1) is 11.3 Å². The number of carbonyl (C=O) groups is 1. The number of hydrogen-bond donors (Lipinski definition) is 2. The zero-order valence-electron chi connectivity index (χ0n) is 11.7. The van der Waals surface area contributed by atoms with Crippen molar-refractivity contribution >= 4 is 21.7 Å². The van der Waals surface area contributed by atoms with Gasteiger partial charge in [0.2, 0.25) is 10.0 Å². The average Bonchev–Trinajstić information content (AvgIpc) is 2.36. The van der Waals surface area contributed by atoms with Gasteiger partial charge in [-0.25, -0.2) is 17.6 Å². The van der Waals surface area contributed by atoms with Gasteiger partial charge in [-0.3, -0.25) is 4.72 Å². The summed E-state index contributed by atoms with van der Waals surface area (Å²) in [6.45, 7) is 1.66. The van der Waals surface area contributed by atoms with E-state index in [1.54, 1.807) is 6.92 Å². The largest absolute Gasteiger partial charge is 0.478 e. The van der Waals surface area contributed by atoms with Crippen molar-refractivity contribution in [3.63, 3.8) is 0 Å². The van der Waals surface area contributed by atoms with Crippen LogP contribution in [0.3, 0.4) is 0 Å². The summed E-state index contributed by atoms with van der Waals surface area (Å²) in [6.07, 6.45) is 0. The van der Waals surface area contributed by atoms with E-state index in [1.165, 1.54) is 36.4 Å². The predicted molar refractivity (Wildman–Crippen MR) is 80.8 cm³/mol. The average molecular weight is 323 g/mol. The van der Waals surface area contributed by atoms with Crippen molar-refractivity contribution in [2.24, 2.45) is 0 Å². The summed E-state index contributed by atoms with van der Waals surface area (Å²) in [7, 11) is -3.77. The Bertz CT molecular complexity index is 818. The molecule has 0 amide bonds. The van der Waals surface area contributed by atoms with E-state index in [0.717, 1.165) is 6.07 Å². The monoisotopic (exact) mass is 323 g/mol. The molecule has 116 valence electrons. The Morgan fingerprint density at radius 2 is 1.95 bits per heavy atom. The fourth-order valence-electron chi connectivity index (χ4n) is 2.03. The molecule has 0 heterocycles. The molecule has 2 aromatic rings. The molecule has 0 aliphatic rings. The van der Waals surface area contributed by atoms with Crippen LogP contribution in [0.4, 0.5) is 10.1 Å². The fourth-order valence-corrected chi connectivity index (χ4v) is 3.19. The van der Waals surface area contributed by atoms with E-state index in [2.05, 4.69) is 4.72 Å². The Morgan fingerprint density at radius 3 is 2.59 bits per heavy atom. The lowest BCUT2D eigenvalue weighted by Crippen LogP contribution is -2.15. The summed E-state index contributed by atoms with van der Waals surface area (Å²) >= 11 is 0. The first-order valence-corrected chi connectivity index (χ1v) is 8.00. The lowest BCUT2D eigenvalue weighted by molar-refractivity contribution is 0.0697. The van der Waals surface area contributed by atoms with Crippen LogP contribution in [0.15, 0.2) is 42.5 Å². The van der Waals surface area contributed by atoms with Crippen molar-refractivity contribution in [1.82, 2.24) is 0 Å². The maximum atomic E-state index is 13.1. The van der Waals surface area contributed by atoms with Gasteiger partial charge in [0.1, 0.15) is 5.82 Å². The van der Waals surface area contributed by atoms with E-state index in [-0.39, 0.29) is 11.3 Å². The van der Waals surface area contributed by atoms with Crippen LogP contribution in [0.25, 0.3) is 0 Å². The number of hydrogen-bond acceptors (Lipinski definition) is 3. The van der Waals surface area contributed by atoms with Gasteiger partial charge in [0.25, 0.3) is 0 Å². The van der Waals surface area contributed by atoms with E-state index in [4.69, 9.17) is 5.11 Å². The Morgan fingerprint density at radius 1 is 1.23 bits per heavy atom. The summed E-state index contributed by atoms with van der Waals surface area (Å²) in [6, 6.07) is 9.48. The molecule has 2 N–H and O–H groups in total. The molecule has 0 bridgehead atoms. The zero-order chi connectivity index (χ0) is 16.3. The molecule has 0 spiro atoms. The number of aromatic carboxylic acids is 1. The van der Waals surface area contributed by atoms with Gasteiger partial charge in [0.15, 0.2) is 0 Å². The highest BCUT2D eigenvalue weighted by atomic mass is 32.2. The van der Waals surface area contributed by atoms with Gasteiger partial charge in [0, 0.05) is 5.69 Å². The number of carboxylic acids is 1. The second kappa shape index (κ2) is 6.15. The highest BCUT2D eigenvalue weighted by molar-refractivity contribution is 7.91. The SMILES string of the molecule is Cc1cc(NS(=O)(=O)Cc2cccc(F)c2)cc(C(=O)O)c1. The van der Waals surface area contributed by atoms with E-state index in [0.29, 0.717) is 11.1 Å². The van der Waals surface area contributed by atoms with E-state index < -0.39 is 27.6 Å². The van der Waals surface area contributed by atoms with Gasteiger partial charge in [-0.2, -0.15) is 0 Å². The molecule has 0 unspecified atom stereocenters. The number of nitrogens with one attached hydrogen (secondary N) is 1. The molecular weight excluding hydrogens is 309 g/mol. The molecule has 0 radical (unpaired) electrons. The molecule has 0 atom stereocenters. The molecular formula is C15H14FNO4S. The molecule has 2 rings (SSSR count). The fraction of sp³-hybridized carbons (Fsp3) is 0.133. The van der Waals surface area contributed by atoms with Crippen LogP contribution in [-0.4, -0.2) is 19.5 Å². The molecule has 22 heavy (non-hydrogen) atoms. The number of benzene rings is 2. The topological polar surface area (TPSA) is 83.5 Å². The maximum absolute atomic E-state index is 13.1. The van der Waals surface area contributed by atoms with Crippen molar-refractivity contribution in [1.29, 1.82) is 0 Å². The summed E-state index contributed by atoms with van der Waals surface area (Å²) < 4.78 is 39.6. The van der Waals surface area contributed by atoms with Gasteiger partial charge >= 0.3 is 5.97 Å². The molecule has 0 saturated heterocycles. The normalized spacial score (nSPS) is 11.2. The van der Waals surface area contributed by atoms with Crippen LogP contribution in [0, 0.1) is 12.7 Å². The molecule has 2 aromatic carbocycles. The number of halogens is 1. The molecule has 0 aromatic heterocycles. The van der Waals surface area contributed by atoms with E-state index >= 15 is 0 Å². The lowest BCUT2D eigenvalue weighted by atomic mass is 10.1. The van der Waals surface area contributed by atoms with Crippen LogP contribution in [0.1, 0.15) is 21.5 Å².